The van der Waals surface area contributed by atoms with Gasteiger partial charge in [-0.3, -0.25) is 4.98 Å². The van der Waals surface area contributed by atoms with E-state index in [1.165, 1.54) is 0 Å². The van der Waals surface area contributed by atoms with Gasteiger partial charge in [-0.1, -0.05) is 0 Å². The Morgan fingerprint density at radius 2 is 2.25 bits per heavy atom. The van der Waals surface area contributed by atoms with Crippen LogP contribution in [-0.2, 0) is 6.42 Å². The third-order valence-electron chi connectivity index (χ3n) is 2.37. The molecule has 0 amide bonds. The van der Waals surface area contributed by atoms with Crippen molar-refractivity contribution in [3.8, 4) is 0 Å². The summed E-state index contributed by atoms with van der Waals surface area (Å²) in [6.45, 7) is 3.89. The Morgan fingerprint density at radius 3 is 2.88 bits per heavy atom. The van der Waals surface area contributed by atoms with Gasteiger partial charge in [0.2, 0.25) is 0 Å². The minimum Gasteiger partial charge on any atom is -0.388 e. The number of aromatic nitrogens is 2. The monoisotopic (exact) mass is 234 g/mol. The Balaban J connectivity index is 2.11. The van der Waals surface area contributed by atoms with E-state index in [1.807, 2.05) is 31.4 Å². The first kappa shape index (κ1) is 11.2. The standard InChI is InChI=1S/C12H14N2OS/c1-8-5-10(3-4-13-8)12(15)6-11-7-16-9(2)14-11/h3-5,7,12,15H,6H2,1-2H3. The molecule has 1 atom stereocenters. The molecule has 0 aliphatic heterocycles. The lowest BCUT2D eigenvalue weighted by atomic mass is 10.1. The predicted octanol–water partition coefficient (Wildman–Crippen LogP) is 2.43. The van der Waals surface area contributed by atoms with Gasteiger partial charge < -0.3 is 5.11 Å². The summed E-state index contributed by atoms with van der Waals surface area (Å²) in [5.74, 6) is 0. The molecule has 84 valence electrons. The van der Waals surface area contributed by atoms with Gasteiger partial charge in [0.05, 0.1) is 16.8 Å². The summed E-state index contributed by atoms with van der Waals surface area (Å²) < 4.78 is 0. The summed E-state index contributed by atoms with van der Waals surface area (Å²) in [6, 6.07) is 3.75. The fourth-order valence-corrected chi connectivity index (χ4v) is 2.22. The summed E-state index contributed by atoms with van der Waals surface area (Å²) in [7, 11) is 0. The van der Waals surface area contributed by atoms with E-state index in [4.69, 9.17) is 0 Å². The average molecular weight is 234 g/mol. The Bertz CT molecular complexity index is 481. The van der Waals surface area contributed by atoms with Gasteiger partial charge in [0.25, 0.3) is 0 Å². The van der Waals surface area contributed by atoms with Gasteiger partial charge in [-0.15, -0.1) is 11.3 Å². The van der Waals surface area contributed by atoms with E-state index >= 15 is 0 Å². The molecule has 16 heavy (non-hydrogen) atoms. The maximum Gasteiger partial charge on any atom is 0.0897 e. The maximum atomic E-state index is 10.0. The molecule has 0 aromatic carbocycles. The fourth-order valence-electron chi connectivity index (χ4n) is 1.59. The normalized spacial score (nSPS) is 12.7. The van der Waals surface area contributed by atoms with Crippen LogP contribution < -0.4 is 0 Å². The van der Waals surface area contributed by atoms with Crippen molar-refractivity contribution >= 4 is 11.3 Å². The molecule has 0 saturated carbocycles. The lowest BCUT2D eigenvalue weighted by Gasteiger charge is -2.09. The lowest BCUT2D eigenvalue weighted by molar-refractivity contribution is 0.177. The molecule has 0 bridgehead atoms. The average Bonchev–Trinajstić information content (AvgIpc) is 2.64. The van der Waals surface area contributed by atoms with Crippen LogP contribution in [0.4, 0.5) is 0 Å². The number of hydrogen-bond acceptors (Lipinski definition) is 4. The number of hydrogen-bond donors (Lipinski definition) is 1. The summed E-state index contributed by atoms with van der Waals surface area (Å²) >= 11 is 1.61. The van der Waals surface area contributed by atoms with E-state index in [-0.39, 0.29) is 0 Å². The van der Waals surface area contributed by atoms with Gasteiger partial charge in [-0.05, 0) is 31.5 Å². The summed E-state index contributed by atoms with van der Waals surface area (Å²) in [4.78, 5) is 8.45. The van der Waals surface area contributed by atoms with Gasteiger partial charge in [0, 0.05) is 23.7 Å². The number of rotatable bonds is 3. The molecule has 4 heteroatoms. The van der Waals surface area contributed by atoms with Crippen LogP contribution in [0.3, 0.4) is 0 Å². The Morgan fingerprint density at radius 1 is 1.44 bits per heavy atom. The van der Waals surface area contributed by atoms with Gasteiger partial charge in [0.1, 0.15) is 0 Å². The molecular weight excluding hydrogens is 220 g/mol. The molecule has 0 fully saturated rings. The first-order valence-corrected chi connectivity index (χ1v) is 6.05. The number of aliphatic hydroxyl groups excluding tert-OH is 1. The van der Waals surface area contributed by atoms with Crippen molar-refractivity contribution in [3.05, 3.63) is 45.7 Å². The number of nitrogens with zero attached hydrogens (tertiary/aromatic N) is 2. The summed E-state index contributed by atoms with van der Waals surface area (Å²) in [5, 5.41) is 13.1. The van der Waals surface area contributed by atoms with E-state index in [9.17, 15) is 5.11 Å². The number of thiazole rings is 1. The second-order valence-corrected chi connectivity index (χ2v) is 4.87. The summed E-state index contributed by atoms with van der Waals surface area (Å²) in [6.07, 6.45) is 1.79. The van der Waals surface area contributed by atoms with Gasteiger partial charge in [-0.2, -0.15) is 0 Å². The quantitative estimate of drug-likeness (QED) is 0.887. The molecule has 0 aliphatic carbocycles. The van der Waals surface area contributed by atoms with Crippen molar-refractivity contribution in [3.63, 3.8) is 0 Å². The highest BCUT2D eigenvalue weighted by molar-refractivity contribution is 7.09. The molecule has 2 rings (SSSR count). The minimum absolute atomic E-state index is 0.497. The van der Waals surface area contributed by atoms with Crippen LogP contribution in [-0.4, -0.2) is 15.1 Å². The molecule has 2 aromatic rings. The van der Waals surface area contributed by atoms with Crippen LogP contribution >= 0.6 is 11.3 Å². The van der Waals surface area contributed by atoms with Crippen LogP contribution in [0.15, 0.2) is 23.7 Å². The molecule has 0 spiro atoms. The van der Waals surface area contributed by atoms with Gasteiger partial charge in [-0.25, -0.2) is 4.98 Å². The molecule has 1 N–H and O–H groups in total. The molecule has 2 aromatic heterocycles. The second kappa shape index (κ2) is 4.72. The zero-order valence-electron chi connectivity index (χ0n) is 9.34. The second-order valence-electron chi connectivity index (χ2n) is 3.81. The lowest BCUT2D eigenvalue weighted by Crippen LogP contribution is -2.02. The van der Waals surface area contributed by atoms with E-state index in [2.05, 4.69) is 9.97 Å². The zero-order valence-corrected chi connectivity index (χ0v) is 10.2. The molecular formula is C12H14N2OS. The highest BCUT2D eigenvalue weighted by Crippen LogP contribution is 2.19. The van der Waals surface area contributed by atoms with Crippen LogP contribution in [0.1, 0.15) is 28.1 Å². The molecule has 1 unspecified atom stereocenters. The van der Waals surface area contributed by atoms with Crippen molar-refractivity contribution in [2.24, 2.45) is 0 Å². The molecule has 0 saturated heterocycles. The van der Waals surface area contributed by atoms with E-state index < -0.39 is 6.10 Å². The third kappa shape index (κ3) is 2.65. The van der Waals surface area contributed by atoms with E-state index in [1.54, 1.807) is 17.5 Å². The first-order chi connectivity index (χ1) is 7.65. The number of aryl methyl sites for hydroxylation is 2. The molecule has 0 aliphatic rings. The van der Waals surface area contributed by atoms with Crippen LogP contribution in [0.25, 0.3) is 0 Å². The third-order valence-corrected chi connectivity index (χ3v) is 3.20. The highest BCUT2D eigenvalue weighted by Gasteiger charge is 2.10. The van der Waals surface area contributed by atoms with Crippen LogP contribution in [0, 0.1) is 13.8 Å². The van der Waals surface area contributed by atoms with Crippen LogP contribution in [0.2, 0.25) is 0 Å². The minimum atomic E-state index is -0.497. The Kier molecular flexibility index (Phi) is 3.31. The first-order valence-electron chi connectivity index (χ1n) is 5.17. The SMILES string of the molecule is Cc1cc(C(O)Cc2csc(C)n2)ccn1. The van der Waals surface area contributed by atoms with Crippen molar-refractivity contribution in [2.75, 3.05) is 0 Å². The smallest absolute Gasteiger partial charge is 0.0897 e. The van der Waals surface area contributed by atoms with Crippen molar-refractivity contribution in [1.29, 1.82) is 0 Å². The predicted molar refractivity (Wildman–Crippen MR) is 64.5 cm³/mol. The van der Waals surface area contributed by atoms with E-state index in [0.29, 0.717) is 6.42 Å². The van der Waals surface area contributed by atoms with Crippen molar-refractivity contribution in [2.45, 2.75) is 26.4 Å². The van der Waals surface area contributed by atoms with Gasteiger partial charge >= 0.3 is 0 Å². The molecule has 0 radical (unpaired) electrons. The highest BCUT2D eigenvalue weighted by atomic mass is 32.1. The summed E-state index contributed by atoms with van der Waals surface area (Å²) in [5.41, 5.74) is 2.77. The van der Waals surface area contributed by atoms with E-state index in [0.717, 1.165) is 22.0 Å². The maximum absolute atomic E-state index is 10.0. The molecule has 3 nitrogen and oxygen atoms in total. The Labute approximate surface area is 98.8 Å². The van der Waals surface area contributed by atoms with Crippen LogP contribution in [0.5, 0.6) is 0 Å². The molecule has 2 heterocycles. The topological polar surface area (TPSA) is 46.0 Å². The largest absolute Gasteiger partial charge is 0.388 e. The number of aliphatic hydroxyl groups is 1. The Hall–Kier alpha value is -1.26. The number of pyridine rings is 1. The zero-order chi connectivity index (χ0) is 11.5. The van der Waals surface area contributed by atoms with Crippen molar-refractivity contribution < 1.29 is 5.11 Å². The fraction of sp³-hybridized carbons (Fsp3) is 0.333. The van der Waals surface area contributed by atoms with Crippen molar-refractivity contribution in [1.82, 2.24) is 9.97 Å². The van der Waals surface area contributed by atoms with Gasteiger partial charge in [0.15, 0.2) is 0 Å².